The Hall–Kier alpha value is -0.540. The van der Waals surface area contributed by atoms with Gasteiger partial charge < -0.3 is 0 Å². The molecule has 0 atom stereocenters. The van der Waals surface area contributed by atoms with Crippen molar-refractivity contribution in [3.63, 3.8) is 0 Å². The molecule has 28 heavy (non-hydrogen) atoms. The van der Waals surface area contributed by atoms with Crippen LogP contribution in [0.25, 0.3) is 0 Å². The van der Waals surface area contributed by atoms with Crippen molar-refractivity contribution in [3.8, 4) is 0 Å². The molecule has 0 aliphatic heterocycles. The number of alkyl halides is 16. The van der Waals surface area contributed by atoms with Gasteiger partial charge in [0.2, 0.25) is 0 Å². The predicted octanol–water partition coefficient (Wildman–Crippen LogP) is 8.90. The molecule has 0 rings (SSSR count). The maximum absolute atomic E-state index is 13.2. The third-order valence-corrected chi connectivity index (χ3v) is 9.40. The molecule has 0 aliphatic rings. The van der Waals surface area contributed by atoms with Gasteiger partial charge in [0.1, 0.15) is 0 Å². The Morgan fingerprint density at radius 1 is 0.286 bits per heavy atom. The van der Waals surface area contributed by atoms with E-state index in [1.54, 1.807) is 0 Å². The number of hydrogen-bond acceptors (Lipinski definition) is 0. The molecule has 0 saturated heterocycles. The second-order valence-electron chi connectivity index (χ2n) is 4.77. The summed E-state index contributed by atoms with van der Waals surface area (Å²) < 4.78 is 250. The SMILES string of the molecule is FC(F)(F)P(F)(F)(C(F)(F)F)C(F)(F)C(F)(F)P(F)(F)(C(F)(F)F)C(F)(F)F. The molecule has 22 heteroatoms. The van der Waals surface area contributed by atoms with Crippen LogP contribution < -0.4 is 0 Å². The average molecular weight is 514 g/mol. The molecule has 0 aromatic heterocycles. The summed E-state index contributed by atoms with van der Waals surface area (Å²) in [6.45, 7) is 0. The maximum atomic E-state index is 13.2. The van der Waals surface area contributed by atoms with Crippen LogP contribution in [-0.4, -0.2) is 35.0 Å². The van der Waals surface area contributed by atoms with Crippen molar-refractivity contribution < 1.29 is 87.0 Å². The standard InChI is InChI=1S/C6F20P2/c7-1(8,27(23,24,3(11,12)13)4(14,15)16)2(9,10)28(25,26,5(17,18)19)6(20,21)22. The summed E-state index contributed by atoms with van der Waals surface area (Å²) in [7, 11) is -25.8. The Morgan fingerprint density at radius 2 is 0.393 bits per heavy atom. The average Bonchev–Trinajstić information content (AvgIpc) is 2.32. The van der Waals surface area contributed by atoms with E-state index in [1.807, 2.05) is 0 Å². The monoisotopic (exact) mass is 514 g/mol. The van der Waals surface area contributed by atoms with Crippen LogP contribution in [0, 0.1) is 0 Å². The quantitative estimate of drug-likeness (QED) is 0.261. The van der Waals surface area contributed by atoms with Gasteiger partial charge in [-0.05, 0) is 0 Å². The van der Waals surface area contributed by atoms with Crippen molar-refractivity contribution in [3.05, 3.63) is 0 Å². The van der Waals surface area contributed by atoms with Gasteiger partial charge in [-0.15, -0.1) is 0 Å². The molecule has 0 amide bonds. The Labute approximate surface area is 138 Å². The Morgan fingerprint density at radius 3 is 0.464 bits per heavy atom. The normalized spacial score (nSPS) is 19.6. The van der Waals surface area contributed by atoms with Crippen LogP contribution in [0.4, 0.5) is 87.0 Å². The van der Waals surface area contributed by atoms with Crippen molar-refractivity contribution >= 4 is 14.4 Å². The van der Waals surface area contributed by atoms with Crippen molar-refractivity contribution in [2.24, 2.45) is 0 Å². The first-order chi connectivity index (χ1) is 11.4. The summed E-state index contributed by atoms with van der Waals surface area (Å²) in [5, 5.41) is 0. The van der Waals surface area contributed by atoms with Gasteiger partial charge in [0.05, 0.1) is 0 Å². The summed E-state index contributed by atoms with van der Waals surface area (Å²) in [6.07, 6.45) is 0. The van der Waals surface area contributed by atoms with E-state index >= 15 is 0 Å². The van der Waals surface area contributed by atoms with Crippen LogP contribution in [0.3, 0.4) is 0 Å². The predicted molar refractivity (Wildman–Crippen MR) is 52.4 cm³/mol. The summed E-state index contributed by atoms with van der Waals surface area (Å²) in [4.78, 5) is 0. The van der Waals surface area contributed by atoms with Crippen molar-refractivity contribution in [2.75, 3.05) is 0 Å². The van der Waals surface area contributed by atoms with E-state index in [4.69, 9.17) is 0 Å². The third kappa shape index (κ3) is 2.35. The van der Waals surface area contributed by atoms with Crippen LogP contribution in [0.15, 0.2) is 0 Å². The number of rotatable bonds is 3. The van der Waals surface area contributed by atoms with Crippen molar-refractivity contribution in [1.82, 2.24) is 0 Å². The molecule has 0 aromatic rings. The fourth-order valence-corrected chi connectivity index (χ4v) is 5.24. The zero-order valence-electron chi connectivity index (χ0n) is 11.5. The van der Waals surface area contributed by atoms with Gasteiger partial charge in [-0.2, -0.15) is 0 Å². The van der Waals surface area contributed by atoms with Gasteiger partial charge in [0.25, 0.3) is 0 Å². The Kier molecular flexibility index (Phi) is 5.47. The molecule has 0 aliphatic carbocycles. The zero-order valence-corrected chi connectivity index (χ0v) is 13.2. The number of hydrogen-bond donors (Lipinski definition) is 0. The fourth-order valence-electron chi connectivity index (χ4n) is 1.40. The summed E-state index contributed by atoms with van der Waals surface area (Å²) in [5.41, 5.74) is -19.8. The van der Waals surface area contributed by atoms with Crippen molar-refractivity contribution in [2.45, 2.75) is 35.0 Å². The van der Waals surface area contributed by atoms with E-state index in [2.05, 4.69) is 0 Å². The summed E-state index contributed by atoms with van der Waals surface area (Å²) in [6, 6.07) is 0. The molecule has 0 spiro atoms. The minimum absolute atomic E-state index is 8.99. The van der Waals surface area contributed by atoms with E-state index in [0.29, 0.717) is 0 Å². The molecular weight excluding hydrogens is 514 g/mol. The minimum atomic E-state index is -12.9. The van der Waals surface area contributed by atoms with E-state index in [1.165, 1.54) is 0 Å². The number of halogens is 20. The van der Waals surface area contributed by atoms with Gasteiger partial charge in [-0.1, -0.05) is 0 Å². The second-order valence-corrected chi connectivity index (χ2v) is 11.5. The van der Waals surface area contributed by atoms with E-state index < -0.39 is 49.4 Å². The Bertz CT molecular complexity index is 531. The zero-order chi connectivity index (χ0) is 23.9. The van der Waals surface area contributed by atoms with E-state index in [9.17, 15) is 87.0 Å². The molecule has 0 unspecified atom stereocenters. The fraction of sp³-hybridized carbons (Fsp3) is 1.00. The molecule has 0 bridgehead atoms. The molecule has 0 radical (unpaired) electrons. The summed E-state index contributed by atoms with van der Waals surface area (Å²) in [5.74, 6) is -36.0. The van der Waals surface area contributed by atoms with E-state index in [-0.39, 0.29) is 0 Å². The van der Waals surface area contributed by atoms with E-state index in [0.717, 1.165) is 0 Å². The molecule has 0 N–H and O–H groups in total. The topological polar surface area (TPSA) is 0 Å². The van der Waals surface area contributed by atoms with Crippen LogP contribution in [-0.2, 0) is 0 Å². The third-order valence-electron chi connectivity index (χ3n) is 3.13. The molecule has 0 aromatic carbocycles. The summed E-state index contributed by atoms with van der Waals surface area (Å²) >= 11 is 0. The molecule has 0 saturated carbocycles. The van der Waals surface area contributed by atoms with Gasteiger partial charge in [-0.3, -0.25) is 0 Å². The van der Waals surface area contributed by atoms with Gasteiger partial charge >= 0.3 is 136 Å². The van der Waals surface area contributed by atoms with Crippen LogP contribution in [0.1, 0.15) is 0 Å². The van der Waals surface area contributed by atoms with Crippen LogP contribution in [0.2, 0.25) is 0 Å². The first kappa shape index (κ1) is 27.5. The van der Waals surface area contributed by atoms with Crippen molar-refractivity contribution in [1.29, 1.82) is 0 Å². The molecular formula is C6F20P2. The Balaban J connectivity index is 7.75. The first-order valence-electron chi connectivity index (χ1n) is 5.29. The molecule has 174 valence electrons. The molecule has 0 nitrogen and oxygen atoms in total. The van der Waals surface area contributed by atoms with Crippen LogP contribution >= 0.6 is 14.4 Å². The first-order valence-corrected chi connectivity index (χ1v) is 9.33. The van der Waals surface area contributed by atoms with Crippen LogP contribution in [0.5, 0.6) is 0 Å². The second kappa shape index (κ2) is 5.58. The molecule has 0 fully saturated rings. The van der Waals surface area contributed by atoms with Gasteiger partial charge in [-0.25, -0.2) is 0 Å². The van der Waals surface area contributed by atoms with Gasteiger partial charge in [0.15, 0.2) is 0 Å². The van der Waals surface area contributed by atoms with Gasteiger partial charge in [0, 0.05) is 0 Å². The molecule has 0 heterocycles.